The van der Waals surface area contributed by atoms with E-state index in [9.17, 15) is 19.3 Å². The van der Waals surface area contributed by atoms with E-state index >= 15 is 0 Å². The van der Waals surface area contributed by atoms with Crippen LogP contribution in [0, 0.1) is 22.9 Å². The molecule has 0 heterocycles. The Morgan fingerprint density at radius 2 is 2.09 bits per heavy atom. The molecule has 0 radical (unpaired) electrons. The van der Waals surface area contributed by atoms with Gasteiger partial charge in [0, 0.05) is 12.6 Å². The molecule has 23 heavy (non-hydrogen) atoms. The van der Waals surface area contributed by atoms with Crippen molar-refractivity contribution in [1.29, 1.82) is 0 Å². The van der Waals surface area contributed by atoms with Crippen LogP contribution in [-0.2, 0) is 11.3 Å². The van der Waals surface area contributed by atoms with Crippen molar-refractivity contribution in [2.45, 2.75) is 13.5 Å². The van der Waals surface area contributed by atoms with Gasteiger partial charge in [0.15, 0.2) is 6.61 Å². The lowest BCUT2D eigenvalue weighted by Gasteiger charge is -2.08. The van der Waals surface area contributed by atoms with Gasteiger partial charge < -0.3 is 10.1 Å². The van der Waals surface area contributed by atoms with Crippen molar-refractivity contribution in [3.8, 4) is 5.75 Å². The smallest absolute Gasteiger partial charge is 0.273 e. The molecule has 120 valence electrons. The normalized spacial score (nSPS) is 10.2. The maximum Gasteiger partial charge on any atom is 0.273 e. The van der Waals surface area contributed by atoms with E-state index < -0.39 is 10.8 Å². The quantitative estimate of drug-likeness (QED) is 0.656. The molecule has 0 bridgehead atoms. The molecule has 0 aromatic heterocycles. The number of benzene rings is 2. The first-order valence-corrected chi connectivity index (χ1v) is 6.84. The first-order chi connectivity index (χ1) is 11.0. The third-order valence-electron chi connectivity index (χ3n) is 3.12. The van der Waals surface area contributed by atoms with E-state index in [2.05, 4.69) is 5.32 Å². The highest BCUT2D eigenvalue weighted by Crippen LogP contribution is 2.18. The molecular formula is C16H15FN2O4. The summed E-state index contributed by atoms with van der Waals surface area (Å²) in [6.07, 6.45) is 0. The molecule has 0 unspecified atom stereocenters. The fourth-order valence-electron chi connectivity index (χ4n) is 1.83. The molecule has 2 rings (SSSR count). The Hall–Kier alpha value is -2.96. The van der Waals surface area contributed by atoms with Gasteiger partial charge in [0.05, 0.1) is 11.0 Å². The highest BCUT2D eigenvalue weighted by molar-refractivity contribution is 5.77. The number of nitrogens with one attached hydrogen (secondary N) is 1. The van der Waals surface area contributed by atoms with Crippen LogP contribution < -0.4 is 10.1 Å². The van der Waals surface area contributed by atoms with Crippen molar-refractivity contribution in [1.82, 2.24) is 5.32 Å². The lowest BCUT2D eigenvalue weighted by atomic mass is 10.1. The van der Waals surface area contributed by atoms with Crippen molar-refractivity contribution in [2.75, 3.05) is 6.61 Å². The molecule has 0 saturated heterocycles. The molecule has 0 spiro atoms. The molecular weight excluding hydrogens is 303 g/mol. The zero-order valence-electron chi connectivity index (χ0n) is 12.4. The molecule has 0 aliphatic heterocycles. The summed E-state index contributed by atoms with van der Waals surface area (Å²) in [4.78, 5) is 21.8. The number of nitro groups is 1. The van der Waals surface area contributed by atoms with E-state index in [-0.39, 0.29) is 30.4 Å². The van der Waals surface area contributed by atoms with Gasteiger partial charge in [-0.1, -0.05) is 18.2 Å². The number of ether oxygens (including phenoxy) is 1. The van der Waals surface area contributed by atoms with Crippen LogP contribution in [0.1, 0.15) is 11.1 Å². The van der Waals surface area contributed by atoms with Gasteiger partial charge in [-0.25, -0.2) is 4.39 Å². The number of nitrogens with zero attached hydrogens (tertiary/aromatic N) is 1. The first kappa shape index (κ1) is 16.4. The molecule has 1 amide bonds. The zero-order valence-corrected chi connectivity index (χ0v) is 12.4. The van der Waals surface area contributed by atoms with Crippen LogP contribution in [0.15, 0.2) is 42.5 Å². The number of hydrogen-bond donors (Lipinski definition) is 1. The maximum atomic E-state index is 13.4. The Morgan fingerprint density at radius 3 is 2.78 bits per heavy atom. The molecule has 0 atom stereocenters. The fraction of sp³-hybridized carbons (Fsp3) is 0.188. The van der Waals surface area contributed by atoms with Crippen LogP contribution >= 0.6 is 0 Å². The summed E-state index contributed by atoms with van der Waals surface area (Å²) in [5.74, 6) is -0.502. The number of carbonyl (C=O) groups is 1. The van der Waals surface area contributed by atoms with Gasteiger partial charge in [0.1, 0.15) is 11.6 Å². The number of hydrogen-bond acceptors (Lipinski definition) is 4. The van der Waals surface area contributed by atoms with E-state index in [1.54, 1.807) is 19.1 Å². The number of nitro benzene ring substituents is 1. The zero-order chi connectivity index (χ0) is 16.8. The van der Waals surface area contributed by atoms with Crippen molar-refractivity contribution >= 4 is 11.6 Å². The highest BCUT2D eigenvalue weighted by Gasteiger charge is 2.08. The van der Waals surface area contributed by atoms with Crippen LogP contribution in [0.3, 0.4) is 0 Å². The van der Waals surface area contributed by atoms with Gasteiger partial charge in [-0.15, -0.1) is 0 Å². The van der Waals surface area contributed by atoms with Gasteiger partial charge in [-0.3, -0.25) is 14.9 Å². The fourth-order valence-corrected chi connectivity index (χ4v) is 1.83. The topological polar surface area (TPSA) is 81.5 Å². The predicted octanol–water partition coefficient (Wildman–Crippen LogP) is 2.74. The molecule has 1 N–H and O–H groups in total. The maximum absolute atomic E-state index is 13.4. The Bertz CT molecular complexity index is 734. The SMILES string of the molecule is Cc1ccc(CNC(=O)COc2cccc([N+](=O)[O-])c2)cc1F. The lowest BCUT2D eigenvalue weighted by Crippen LogP contribution is -2.28. The van der Waals surface area contributed by atoms with Gasteiger partial charge in [-0.2, -0.15) is 0 Å². The average molecular weight is 318 g/mol. The van der Waals surface area contributed by atoms with E-state index in [1.807, 2.05) is 0 Å². The minimum absolute atomic E-state index is 0.113. The third kappa shape index (κ3) is 4.77. The standard InChI is InChI=1S/C16H15FN2O4/c1-11-5-6-12(7-15(11)17)9-18-16(20)10-23-14-4-2-3-13(8-14)19(21)22/h2-8H,9-10H2,1H3,(H,18,20). The van der Waals surface area contributed by atoms with Crippen molar-refractivity contribution in [3.63, 3.8) is 0 Å². The second kappa shape index (κ2) is 7.35. The van der Waals surface area contributed by atoms with E-state index in [4.69, 9.17) is 4.74 Å². The molecule has 6 nitrogen and oxygen atoms in total. The molecule has 2 aromatic rings. The first-order valence-electron chi connectivity index (χ1n) is 6.84. The molecule has 0 saturated carbocycles. The molecule has 7 heteroatoms. The van der Waals surface area contributed by atoms with Crippen molar-refractivity contribution in [2.24, 2.45) is 0 Å². The minimum atomic E-state index is -0.543. The minimum Gasteiger partial charge on any atom is -0.484 e. The van der Waals surface area contributed by atoms with Crippen LogP contribution in [-0.4, -0.2) is 17.4 Å². The van der Waals surface area contributed by atoms with Crippen LogP contribution in [0.2, 0.25) is 0 Å². The summed E-state index contributed by atoms with van der Waals surface area (Å²) in [6, 6.07) is 10.3. The number of non-ortho nitro benzene ring substituents is 1. The lowest BCUT2D eigenvalue weighted by molar-refractivity contribution is -0.384. The number of amides is 1. The van der Waals surface area contributed by atoms with Gasteiger partial charge in [0.25, 0.3) is 11.6 Å². The van der Waals surface area contributed by atoms with E-state index in [0.29, 0.717) is 11.1 Å². The second-order valence-corrected chi connectivity index (χ2v) is 4.90. The Kier molecular flexibility index (Phi) is 5.24. The Morgan fingerprint density at radius 1 is 1.30 bits per heavy atom. The van der Waals surface area contributed by atoms with Gasteiger partial charge in [0.2, 0.25) is 0 Å². The van der Waals surface area contributed by atoms with Crippen LogP contribution in [0.5, 0.6) is 5.75 Å². The van der Waals surface area contributed by atoms with Crippen molar-refractivity contribution in [3.05, 3.63) is 69.5 Å². The van der Waals surface area contributed by atoms with E-state index in [1.165, 1.54) is 30.3 Å². The Balaban J connectivity index is 1.84. The molecule has 2 aromatic carbocycles. The number of carbonyl (C=O) groups excluding carboxylic acids is 1. The molecule has 0 fully saturated rings. The summed E-state index contributed by atoms with van der Waals surface area (Å²) in [6.45, 7) is 1.55. The summed E-state index contributed by atoms with van der Waals surface area (Å²) in [5, 5.41) is 13.2. The van der Waals surface area contributed by atoms with Crippen LogP contribution in [0.25, 0.3) is 0 Å². The van der Waals surface area contributed by atoms with Gasteiger partial charge >= 0.3 is 0 Å². The monoisotopic (exact) mass is 318 g/mol. The largest absolute Gasteiger partial charge is 0.484 e. The number of rotatable bonds is 6. The highest BCUT2D eigenvalue weighted by atomic mass is 19.1. The molecule has 0 aliphatic carbocycles. The molecule has 0 aliphatic rings. The van der Waals surface area contributed by atoms with Crippen LogP contribution in [0.4, 0.5) is 10.1 Å². The average Bonchev–Trinajstić information content (AvgIpc) is 2.54. The summed E-state index contributed by atoms with van der Waals surface area (Å²) < 4.78 is 18.6. The summed E-state index contributed by atoms with van der Waals surface area (Å²) >= 11 is 0. The third-order valence-corrected chi connectivity index (χ3v) is 3.12. The summed E-state index contributed by atoms with van der Waals surface area (Å²) in [5.41, 5.74) is 1.06. The predicted molar refractivity (Wildman–Crippen MR) is 81.6 cm³/mol. The van der Waals surface area contributed by atoms with Crippen molar-refractivity contribution < 1.29 is 18.8 Å². The second-order valence-electron chi connectivity index (χ2n) is 4.90. The number of aryl methyl sites for hydroxylation is 1. The summed E-state index contributed by atoms with van der Waals surface area (Å²) in [7, 11) is 0. The number of halogens is 1. The van der Waals surface area contributed by atoms with E-state index in [0.717, 1.165) is 0 Å². The van der Waals surface area contributed by atoms with Gasteiger partial charge in [-0.05, 0) is 30.2 Å². The Labute approximate surface area is 132 Å².